The van der Waals surface area contributed by atoms with Crippen molar-refractivity contribution in [3.63, 3.8) is 0 Å². The third-order valence-corrected chi connectivity index (χ3v) is 5.68. The molecular weight excluding hydrogens is 358 g/mol. The van der Waals surface area contributed by atoms with E-state index in [0.717, 1.165) is 35.1 Å². The third kappa shape index (κ3) is 3.80. The van der Waals surface area contributed by atoms with Gasteiger partial charge in [0.2, 0.25) is 0 Å². The van der Waals surface area contributed by atoms with Crippen molar-refractivity contribution in [1.82, 2.24) is 9.88 Å². The van der Waals surface area contributed by atoms with Gasteiger partial charge in [-0.3, -0.25) is 9.78 Å². The predicted molar refractivity (Wildman–Crippen MR) is 109 cm³/mol. The van der Waals surface area contributed by atoms with Crippen molar-refractivity contribution >= 4 is 22.9 Å². The molecule has 3 aromatic rings. The Morgan fingerprint density at radius 1 is 1.04 bits per heavy atom. The summed E-state index contributed by atoms with van der Waals surface area (Å²) in [7, 11) is 1.67. The fourth-order valence-electron chi connectivity index (χ4n) is 3.23. The minimum atomic E-state index is 0.0506. The molecule has 4 rings (SSSR count). The predicted octanol–water partition coefficient (Wildman–Crippen LogP) is 3.78. The molecule has 1 fully saturated rings. The van der Waals surface area contributed by atoms with E-state index in [2.05, 4.69) is 22.0 Å². The molecule has 1 saturated heterocycles. The Balaban J connectivity index is 1.38. The first-order chi connectivity index (χ1) is 13.2. The number of nitrogens with zero attached hydrogens (tertiary/aromatic N) is 3. The number of benzene rings is 1. The van der Waals surface area contributed by atoms with Crippen LogP contribution in [-0.4, -0.2) is 49.1 Å². The number of carbonyl (C=O) groups excluding carboxylic acids is 1. The van der Waals surface area contributed by atoms with Gasteiger partial charge < -0.3 is 14.5 Å². The zero-order valence-electron chi connectivity index (χ0n) is 15.2. The quantitative estimate of drug-likeness (QED) is 0.692. The first-order valence-corrected chi connectivity index (χ1v) is 9.81. The summed E-state index contributed by atoms with van der Waals surface area (Å²) in [4.78, 5) is 22.5. The molecule has 0 atom stereocenters. The lowest BCUT2D eigenvalue weighted by molar-refractivity contribution is 0.0746. The van der Waals surface area contributed by atoms with Gasteiger partial charge >= 0.3 is 0 Å². The van der Waals surface area contributed by atoms with Crippen LogP contribution in [0.4, 0.5) is 5.69 Å². The maximum Gasteiger partial charge on any atom is 0.255 e. The normalized spacial score (nSPS) is 14.3. The smallest absolute Gasteiger partial charge is 0.255 e. The van der Waals surface area contributed by atoms with Gasteiger partial charge in [0.25, 0.3) is 5.91 Å². The average molecular weight is 379 g/mol. The molecule has 0 N–H and O–H groups in total. The fraction of sp³-hybridized carbons (Fsp3) is 0.238. The molecule has 0 unspecified atom stereocenters. The van der Waals surface area contributed by atoms with Crippen LogP contribution in [0, 0.1) is 0 Å². The molecule has 3 heterocycles. The number of hydrogen-bond donors (Lipinski definition) is 0. The van der Waals surface area contributed by atoms with E-state index in [-0.39, 0.29) is 5.91 Å². The van der Waals surface area contributed by atoms with E-state index in [4.69, 9.17) is 4.74 Å². The van der Waals surface area contributed by atoms with E-state index in [1.807, 2.05) is 46.7 Å². The molecular formula is C21H21N3O2S. The van der Waals surface area contributed by atoms with Crippen LogP contribution >= 0.6 is 11.3 Å². The van der Waals surface area contributed by atoms with Gasteiger partial charge in [0.15, 0.2) is 0 Å². The van der Waals surface area contributed by atoms with E-state index in [1.165, 1.54) is 0 Å². The van der Waals surface area contributed by atoms with Crippen LogP contribution in [0.3, 0.4) is 0 Å². The van der Waals surface area contributed by atoms with E-state index < -0.39 is 0 Å². The summed E-state index contributed by atoms with van der Waals surface area (Å²) in [5.41, 5.74) is 2.71. The van der Waals surface area contributed by atoms with E-state index in [1.54, 1.807) is 24.6 Å². The molecule has 0 aliphatic carbocycles. The Morgan fingerprint density at radius 3 is 2.41 bits per heavy atom. The summed E-state index contributed by atoms with van der Waals surface area (Å²) < 4.78 is 5.21. The Hall–Kier alpha value is -2.86. The van der Waals surface area contributed by atoms with Crippen molar-refractivity contribution in [2.45, 2.75) is 0 Å². The molecule has 6 heteroatoms. The van der Waals surface area contributed by atoms with Crippen molar-refractivity contribution in [3.8, 4) is 16.3 Å². The van der Waals surface area contributed by atoms with Gasteiger partial charge in [-0.1, -0.05) is 6.07 Å². The van der Waals surface area contributed by atoms with Crippen LogP contribution in [0.15, 0.2) is 60.1 Å². The maximum absolute atomic E-state index is 12.8. The number of piperazine rings is 1. The van der Waals surface area contributed by atoms with Crippen LogP contribution in [0.25, 0.3) is 10.6 Å². The number of pyridine rings is 1. The average Bonchev–Trinajstić information content (AvgIpc) is 3.28. The zero-order chi connectivity index (χ0) is 18.6. The summed E-state index contributed by atoms with van der Waals surface area (Å²) >= 11 is 1.65. The monoisotopic (exact) mass is 379 g/mol. The number of rotatable bonds is 4. The van der Waals surface area contributed by atoms with Crippen LogP contribution in [-0.2, 0) is 0 Å². The second kappa shape index (κ2) is 7.80. The second-order valence-electron chi connectivity index (χ2n) is 6.39. The Kier molecular flexibility index (Phi) is 5.07. The zero-order valence-corrected chi connectivity index (χ0v) is 16.0. The summed E-state index contributed by atoms with van der Waals surface area (Å²) in [6.45, 7) is 3.05. The molecule has 0 saturated carbocycles. The van der Waals surface area contributed by atoms with Crippen molar-refractivity contribution in [3.05, 3.63) is 65.7 Å². The summed E-state index contributed by atoms with van der Waals surface area (Å²) in [5.74, 6) is 0.903. The third-order valence-electron chi connectivity index (χ3n) is 4.79. The molecule has 0 spiro atoms. The van der Waals surface area contributed by atoms with Gasteiger partial charge in [-0.25, -0.2) is 0 Å². The molecule has 0 bridgehead atoms. The number of hydrogen-bond acceptors (Lipinski definition) is 5. The Morgan fingerprint density at radius 2 is 1.81 bits per heavy atom. The number of amides is 1. The summed E-state index contributed by atoms with van der Waals surface area (Å²) in [6.07, 6.45) is 1.69. The van der Waals surface area contributed by atoms with Gasteiger partial charge in [-0.15, -0.1) is 11.3 Å². The van der Waals surface area contributed by atoms with Crippen molar-refractivity contribution in [1.29, 1.82) is 0 Å². The largest absolute Gasteiger partial charge is 0.497 e. The lowest BCUT2D eigenvalue weighted by Crippen LogP contribution is -2.48. The molecule has 1 aliphatic heterocycles. The first kappa shape index (κ1) is 17.5. The van der Waals surface area contributed by atoms with E-state index >= 15 is 0 Å². The highest BCUT2D eigenvalue weighted by Crippen LogP contribution is 2.23. The first-order valence-electron chi connectivity index (χ1n) is 8.93. The number of aromatic nitrogens is 1. The summed E-state index contributed by atoms with van der Waals surface area (Å²) in [5, 5.41) is 2.03. The topological polar surface area (TPSA) is 45.7 Å². The Labute approximate surface area is 162 Å². The SMILES string of the molecule is COc1ccc(N2CCN(C(=O)c3ccc(-c4cccs4)nc3)CC2)cc1. The molecule has 27 heavy (non-hydrogen) atoms. The molecule has 5 nitrogen and oxygen atoms in total. The highest BCUT2D eigenvalue weighted by molar-refractivity contribution is 7.13. The van der Waals surface area contributed by atoms with Gasteiger partial charge in [0.1, 0.15) is 5.75 Å². The highest BCUT2D eigenvalue weighted by Gasteiger charge is 2.22. The molecule has 1 aliphatic rings. The van der Waals surface area contributed by atoms with Crippen LogP contribution in [0.1, 0.15) is 10.4 Å². The molecule has 0 radical (unpaired) electrons. The second-order valence-corrected chi connectivity index (χ2v) is 7.33. The van der Waals surface area contributed by atoms with Crippen LogP contribution in [0.5, 0.6) is 5.75 Å². The minimum absolute atomic E-state index is 0.0506. The lowest BCUT2D eigenvalue weighted by Gasteiger charge is -2.36. The fourth-order valence-corrected chi connectivity index (χ4v) is 3.94. The Bertz CT molecular complexity index is 884. The number of anilines is 1. The van der Waals surface area contributed by atoms with E-state index in [9.17, 15) is 4.79 Å². The highest BCUT2D eigenvalue weighted by atomic mass is 32.1. The molecule has 138 valence electrons. The number of methoxy groups -OCH3 is 1. The number of ether oxygens (including phenoxy) is 1. The van der Waals surface area contributed by atoms with Gasteiger partial charge in [0.05, 0.1) is 23.2 Å². The standard InChI is InChI=1S/C21H21N3O2S/c1-26-18-7-5-17(6-8-18)23-10-12-24(13-11-23)21(25)16-4-9-19(22-15-16)20-3-2-14-27-20/h2-9,14-15H,10-13H2,1H3. The maximum atomic E-state index is 12.8. The summed E-state index contributed by atoms with van der Waals surface area (Å²) in [6, 6.07) is 15.9. The minimum Gasteiger partial charge on any atom is -0.497 e. The molecule has 1 amide bonds. The van der Waals surface area contributed by atoms with Crippen LogP contribution < -0.4 is 9.64 Å². The van der Waals surface area contributed by atoms with Crippen molar-refractivity contribution in [2.24, 2.45) is 0 Å². The van der Waals surface area contributed by atoms with Gasteiger partial charge in [0, 0.05) is 38.1 Å². The van der Waals surface area contributed by atoms with Gasteiger partial charge in [-0.2, -0.15) is 0 Å². The molecule has 1 aromatic carbocycles. The van der Waals surface area contributed by atoms with E-state index in [0.29, 0.717) is 18.7 Å². The van der Waals surface area contributed by atoms with Crippen molar-refractivity contribution < 1.29 is 9.53 Å². The number of thiophene rings is 1. The van der Waals surface area contributed by atoms with Crippen molar-refractivity contribution in [2.75, 3.05) is 38.2 Å². The van der Waals surface area contributed by atoms with Gasteiger partial charge in [-0.05, 0) is 47.8 Å². The molecule has 2 aromatic heterocycles. The lowest BCUT2D eigenvalue weighted by atomic mass is 10.2. The van der Waals surface area contributed by atoms with Crippen LogP contribution in [0.2, 0.25) is 0 Å². The number of carbonyl (C=O) groups is 1.